The number of fused-ring (bicyclic) bond motifs is 1. The first-order valence-corrected chi connectivity index (χ1v) is 11.3. The Hall–Kier alpha value is -3.37. The van der Waals surface area contributed by atoms with Crippen LogP contribution in [0, 0.1) is 0 Å². The summed E-state index contributed by atoms with van der Waals surface area (Å²) in [5.74, 6) is 0.739. The standard InChI is InChI=1S/C23H27ClN6O4/c1-23(33)6-8-30(9-7-23)22-26-12-16(24)20(28-22)27-15-4-5-17-14(10-15)11-18(21(32)29(17)3)34-13-19(31)25-2/h4-5,10-12,33H,6-9,13H2,1-3H3,(H,25,31)(H,26,27,28). The van der Waals surface area contributed by atoms with Gasteiger partial charge < -0.3 is 29.9 Å². The van der Waals surface area contributed by atoms with Crippen LogP contribution in [0.15, 0.2) is 35.3 Å². The first kappa shape index (κ1) is 23.8. The van der Waals surface area contributed by atoms with Gasteiger partial charge in [0.25, 0.3) is 11.5 Å². The van der Waals surface area contributed by atoms with Crippen LogP contribution in [0.5, 0.6) is 5.75 Å². The van der Waals surface area contributed by atoms with Crippen LogP contribution in [0.4, 0.5) is 17.5 Å². The Kier molecular flexibility index (Phi) is 6.63. The molecule has 1 aliphatic rings. The highest BCUT2D eigenvalue weighted by molar-refractivity contribution is 6.32. The number of amides is 1. The van der Waals surface area contributed by atoms with Gasteiger partial charge in [0.05, 0.1) is 17.3 Å². The second kappa shape index (κ2) is 9.47. The fourth-order valence-corrected chi connectivity index (χ4v) is 3.91. The smallest absolute Gasteiger partial charge is 0.293 e. The highest BCUT2D eigenvalue weighted by atomic mass is 35.5. The molecule has 3 aromatic rings. The lowest BCUT2D eigenvalue weighted by Gasteiger charge is -2.35. The summed E-state index contributed by atoms with van der Waals surface area (Å²) in [5, 5.41) is 17.0. The van der Waals surface area contributed by atoms with Gasteiger partial charge in [-0.05, 0) is 44.0 Å². The summed E-state index contributed by atoms with van der Waals surface area (Å²) in [6.07, 6.45) is 2.82. The molecular weight excluding hydrogens is 460 g/mol. The van der Waals surface area contributed by atoms with E-state index >= 15 is 0 Å². The van der Waals surface area contributed by atoms with E-state index < -0.39 is 5.60 Å². The first-order chi connectivity index (χ1) is 16.2. The van der Waals surface area contributed by atoms with E-state index in [2.05, 4.69) is 20.6 Å². The quantitative estimate of drug-likeness (QED) is 0.485. The molecule has 0 bridgehead atoms. The van der Waals surface area contributed by atoms with Crippen molar-refractivity contribution in [1.29, 1.82) is 0 Å². The average molecular weight is 487 g/mol. The zero-order valence-corrected chi connectivity index (χ0v) is 20.0. The fourth-order valence-electron chi connectivity index (χ4n) is 3.77. The summed E-state index contributed by atoms with van der Waals surface area (Å²) in [6.45, 7) is 2.89. The number of hydrogen-bond acceptors (Lipinski definition) is 8. The summed E-state index contributed by atoms with van der Waals surface area (Å²) in [4.78, 5) is 35.0. The molecule has 0 atom stereocenters. The predicted octanol–water partition coefficient (Wildman–Crippen LogP) is 2.20. The molecule has 10 nitrogen and oxygen atoms in total. The maximum atomic E-state index is 12.6. The zero-order chi connectivity index (χ0) is 24.5. The normalized spacial score (nSPS) is 15.3. The van der Waals surface area contributed by atoms with E-state index in [4.69, 9.17) is 16.3 Å². The van der Waals surface area contributed by atoms with E-state index in [0.29, 0.717) is 53.9 Å². The summed E-state index contributed by atoms with van der Waals surface area (Å²) < 4.78 is 6.89. The number of piperidine rings is 1. The molecule has 180 valence electrons. The van der Waals surface area contributed by atoms with E-state index in [0.717, 1.165) is 5.39 Å². The molecule has 1 aliphatic heterocycles. The van der Waals surface area contributed by atoms with Gasteiger partial charge in [-0.25, -0.2) is 4.98 Å². The van der Waals surface area contributed by atoms with Crippen LogP contribution < -0.4 is 25.8 Å². The van der Waals surface area contributed by atoms with Crippen molar-refractivity contribution in [3.05, 3.63) is 45.8 Å². The number of halogens is 1. The molecule has 0 radical (unpaired) electrons. The van der Waals surface area contributed by atoms with Gasteiger partial charge >= 0.3 is 0 Å². The van der Waals surface area contributed by atoms with Gasteiger partial charge in [0.2, 0.25) is 5.95 Å². The molecule has 11 heteroatoms. The Morgan fingerprint density at radius 2 is 2.03 bits per heavy atom. The third-order valence-electron chi connectivity index (χ3n) is 5.95. The number of nitrogens with zero attached hydrogens (tertiary/aromatic N) is 4. The molecule has 0 unspecified atom stereocenters. The Morgan fingerprint density at radius 3 is 2.74 bits per heavy atom. The number of likely N-dealkylation sites (N-methyl/N-ethyl adjacent to an activating group) is 1. The van der Waals surface area contributed by atoms with Crippen molar-refractivity contribution in [3.63, 3.8) is 0 Å². The number of aliphatic hydroxyl groups is 1. The maximum absolute atomic E-state index is 12.6. The Labute approximate surface area is 201 Å². The molecule has 0 saturated carbocycles. The number of carbonyl (C=O) groups excluding carboxylic acids is 1. The fraction of sp³-hybridized carbons (Fsp3) is 0.391. The van der Waals surface area contributed by atoms with Crippen LogP contribution >= 0.6 is 11.6 Å². The lowest BCUT2D eigenvalue weighted by molar-refractivity contribution is -0.122. The third kappa shape index (κ3) is 5.07. The molecule has 2 aromatic heterocycles. The first-order valence-electron chi connectivity index (χ1n) is 10.9. The van der Waals surface area contributed by atoms with Crippen LogP contribution in [0.3, 0.4) is 0 Å². The van der Waals surface area contributed by atoms with E-state index in [9.17, 15) is 14.7 Å². The number of aromatic nitrogens is 3. The van der Waals surface area contributed by atoms with Crippen LogP contribution in [-0.4, -0.2) is 57.9 Å². The van der Waals surface area contributed by atoms with E-state index in [1.165, 1.54) is 11.6 Å². The largest absolute Gasteiger partial charge is 0.478 e. The van der Waals surface area contributed by atoms with Crippen molar-refractivity contribution >= 4 is 45.9 Å². The molecule has 1 aromatic carbocycles. The molecule has 3 N–H and O–H groups in total. The van der Waals surface area contributed by atoms with Gasteiger partial charge in [0.15, 0.2) is 18.2 Å². The monoisotopic (exact) mass is 486 g/mol. The van der Waals surface area contributed by atoms with Crippen LogP contribution in [0.25, 0.3) is 10.9 Å². The second-order valence-electron chi connectivity index (χ2n) is 8.58. The highest BCUT2D eigenvalue weighted by Crippen LogP contribution is 2.29. The van der Waals surface area contributed by atoms with Crippen LogP contribution in [0.2, 0.25) is 5.02 Å². The van der Waals surface area contributed by atoms with Gasteiger partial charge in [-0.1, -0.05) is 11.6 Å². The van der Waals surface area contributed by atoms with Gasteiger partial charge in [-0.2, -0.15) is 4.98 Å². The molecule has 4 rings (SSSR count). The molecular formula is C23H27ClN6O4. The zero-order valence-electron chi connectivity index (χ0n) is 19.3. The summed E-state index contributed by atoms with van der Waals surface area (Å²) >= 11 is 6.36. The number of nitrogens with one attached hydrogen (secondary N) is 2. The second-order valence-corrected chi connectivity index (χ2v) is 8.99. The number of anilines is 3. The van der Waals surface area contributed by atoms with Crippen molar-refractivity contribution in [2.24, 2.45) is 7.05 Å². The van der Waals surface area contributed by atoms with Crippen molar-refractivity contribution < 1.29 is 14.6 Å². The topological polar surface area (TPSA) is 122 Å². The number of ether oxygens (including phenoxy) is 1. The third-order valence-corrected chi connectivity index (χ3v) is 6.22. The molecule has 0 aliphatic carbocycles. The van der Waals surface area contributed by atoms with E-state index in [-0.39, 0.29) is 23.8 Å². The highest BCUT2D eigenvalue weighted by Gasteiger charge is 2.28. The molecule has 3 heterocycles. The lowest BCUT2D eigenvalue weighted by atomic mass is 9.94. The van der Waals surface area contributed by atoms with Gasteiger partial charge in [0.1, 0.15) is 5.02 Å². The van der Waals surface area contributed by atoms with E-state index in [1.807, 2.05) is 30.0 Å². The minimum absolute atomic E-state index is 0.0825. The van der Waals surface area contributed by atoms with Crippen molar-refractivity contribution in [2.75, 3.05) is 37.0 Å². The van der Waals surface area contributed by atoms with E-state index in [1.54, 1.807) is 19.3 Å². The van der Waals surface area contributed by atoms with Crippen LogP contribution in [0.1, 0.15) is 19.8 Å². The number of rotatable bonds is 6. The lowest BCUT2D eigenvalue weighted by Crippen LogP contribution is -2.43. The van der Waals surface area contributed by atoms with Crippen LogP contribution in [-0.2, 0) is 11.8 Å². The molecule has 1 saturated heterocycles. The molecule has 1 amide bonds. The SMILES string of the molecule is CNC(=O)COc1cc2cc(Nc3nc(N4CCC(C)(O)CC4)ncc3Cl)ccc2n(C)c1=O. The molecule has 0 spiro atoms. The minimum atomic E-state index is -0.669. The van der Waals surface area contributed by atoms with Crippen molar-refractivity contribution in [3.8, 4) is 5.75 Å². The Bertz CT molecular complexity index is 1280. The number of carbonyl (C=O) groups is 1. The summed E-state index contributed by atoms with van der Waals surface area (Å²) in [5.41, 5.74) is 0.410. The van der Waals surface area contributed by atoms with Gasteiger partial charge in [-0.3, -0.25) is 9.59 Å². The summed E-state index contributed by atoms with van der Waals surface area (Å²) in [7, 11) is 3.15. The number of hydrogen-bond donors (Lipinski definition) is 3. The van der Waals surface area contributed by atoms with Gasteiger partial charge in [-0.15, -0.1) is 0 Å². The number of aryl methyl sites for hydroxylation is 1. The Morgan fingerprint density at radius 1 is 1.29 bits per heavy atom. The van der Waals surface area contributed by atoms with Gasteiger partial charge in [0, 0.05) is 38.3 Å². The van der Waals surface area contributed by atoms with Crippen molar-refractivity contribution in [1.82, 2.24) is 19.9 Å². The minimum Gasteiger partial charge on any atom is -0.478 e. The average Bonchev–Trinajstić information content (AvgIpc) is 2.81. The van der Waals surface area contributed by atoms with Crippen molar-refractivity contribution in [2.45, 2.75) is 25.4 Å². The molecule has 1 fully saturated rings. The number of benzene rings is 1. The predicted molar refractivity (Wildman–Crippen MR) is 131 cm³/mol. The number of pyridine rings is 1. The molecule has 34 heavy (non-hydrogen) atoms. The maximum Gasteiger partial charge on any atom is 0.293 e. The Balaban J connectivity index is 1.60. The summed E-state index contributed by atoms with van der Waals surface area (Å²) in [6, 6.07) is 7.09.